The Balaban J connectivity index is 2.89. The zero-order valence-corrected chi connectivity index (χ0v) is 10.3. The third-order valence-corrected chi connectivity index (χ3v) is 4.61. The van der Waals surface area contributed by atoms with E-state index in [9.17, 15) is 13.2 Å². The number of carboxylic acids is 1. The molecule has 16 heavy (non-hydrogen) atoms. The van der Waals surface area contributed by atoms with Crippen LogP contribution < -0.4 is 0 Å². The fourth-order valence-corrected chi connectivity index (χ4v) is 2.47. The van der Waals surface area contributed by atoms with Crippen LogP contribution in [0.4, 0.5) is 0 Å². The molecule has 0 amide bonds. The lowest BCUT2D eigenvalue weighted by Gasteiger charge is -2.06. The molecule has 1 atom stereocenters. The molecular weight excluding hydrogens is 275 g/mol. The van der Waals surface area contributed by atoms with E-state index in [-0.39, 0.29) is 0 Å². The Morgan fingerprint density at radius 1 is 1.31 bits per heavy atom. The number of hydrogen-bond donors (Lipinski definition) is 1. The summed E-state index contributed by atoms with van der Waals surface area (Å²) in [5, 5.41) is 8.98. The maximum absolute atomic E-state index is 11.5. The minimum Gasteiger partial charge on any atom is -0.479 e. The van der Waals surface area contributed by atoms with Gasteiger partial charge in [-0.1, -0.05) is 35.3 Å². The van der Waals surface area contributed by atoms with Crippen LogP contribution >= 0.6 is 23.2 Å². The number of carboxylic acid groups (broad SMARTS) is 1. The summed E-state index contributed by atoms with van der Waals surface area (Å²) in [5.41, 5.74) is 0.441. The summed E-state index contributed by atoms with van der Waals surface area (Å²) >= 11 is 10.9. The smallest absolute Gasteiger partial charge is 0.337 e. The predicted octanol–water partition coefficient (Wildman–Crippen LogP) is 1.90. The predicted molar refractivity (Wildman–Crippen MR) is 61.4 cm³/mol. The lowest BCUT2D eigenvalue weighted by atomic mass is 10.2. The van der Waals surface area contributed by atoms with Crippen LogP contribution in [0.3, 0.4) is 0 Å². The van der Waals surface area contributed by atoms with Gasteiger partial charge in [0.1, 0.15) is 0 Å². The van der Waals surface area contributed by atoms with E-state index in [0.717, 1.165) is 0 Å². The first-order chi connectivity index (χ1) is 7.33. The molecule has 0 aliphatic rings. The molecule has 1 unspecified atom stereocenters. The van der Waals surface area contributed by atoms with Gasteiger partial charge in [0.25, 0.3) is 0 Å². The molecule has 0 radical (unpaired) electrons. The molecule has 0 fully saturated rings. The van der Waals surface area contributed by atoms with Gasteiger partial charge in [-0.05, 0) is 17.7 Å². The molecule has 0 bridgehead atoms. The lowest BCUT2D eigenvalue weighted by Crippen LogP contribution is -2.25. The second-order valence-electron chi connectivity index (χ2n) is 3.09. The number of sulfone groups is 1. The molecule has 0 aliphatic carbocycles. The Labute approximate surface area is 103 Å². The summed E-state index contributed by atoms with van der Waals surface area (Å²) in [5.74, 6) is -2.00. The lowest BCUT2D eigenvalue weighted by molar-refractivity contribution is -0.134. The van der Waals surface area contributed by atoms with E-state index in [4.69, 9.17) is 28.3 Å². The van der Waals surface area contributed by atoms with Gasteiger partial charge in [-0.25, -0.2) is 13.2 Å². The largest absolute Gasteiger partial charge is 0.479 e. The number of benzene rings is 1. The molecule has 88 valence electrons. The Hall–Kier alpha value is -0.780. The molecule has 4 nitrogen and oxygen atoms in total. The van der Waals surface area contributed by atoms with Crippen molar-refractivity contribution in [3.05, 3.63) is 34.9 Å². The number of halogens is 2. The van der Waals surface area contributed by atoms with Crippen molar-refractivity contribution < 1.29 is 18.3 Å². The number of rotatable bonds is 4. The van der Waals surface area contributed by atoms with Crippen molar-refractivity contribution in [2.45, 2.75) is 10.5 Å². The van der Waals surface area contributed by atoms with Crippen molar-refractivity contribution in [3.8, 4) is 0 Å². The highest BCUT2D eigenvalue weighted by Crippen LogP contribution is 2.16. The summed E-state index contributed by atoms with van der Waals surface area (Å²) in [6, 6.07) is 6.06. The summed E-state index contributed by atoms with van der Waals surface area (Å²) in [6.07, 6.45) is 0. The van der Waals surface area contributed by atoms with E-state index in [1.165, 1.54) is 24.3 Å². The highest BCUT2D eigenvalue weighted by Gasteiger charge is 2.30. The van der Waals surface area contributed by atoms with Crippen LogP contribution in [0, 0.1) is 0 Å². The monoisotopic (exact) mass is 282 g/mol. The molecule has 0 spiro atoms. The highest BCUT2D eigenvalue weighted by molar-refractivity contribution is 7.93. The van der Waals surface area contributed by atoms with Crippen molar-refractivity contribution in [1.29, 1.82) is 0 Å². The normalized spacial score (nSPS) is 13.4. The zero-order chi connectivity index (χ0) is 12.3. The van der Waals surface area contributed by atoms with Gasteiger partial charge in [0, 0.05) is 5.02 Å². The number of aliphatic carboxylic acids is 1. The van der Waals surface area contributed by atoms with Crippen molar-refractivity contribution in [1.82, 2.24) is 0 Å². The van der Waals surface area contributed by atoms with Gasteiger partial charge in [-0.15, -0.1) is 0 Å². The Morgan fingerprint density at radius 2 is 1.81 bits per heavy atom. The summed E-state index contributed by atoms with van der Waals surface area (Å²) < 4.78 is 21.0. The van der Waals surface area contributed by atoms with Crippen LogP contribution in [0.2, 0.25) is 5.02 Å². The van der Waals surface area contributed by atoms with Crippen LogP contribution in [-0.2, 0) is 20.4 Å². The van der Waals surface area contributed by atoms with Gasteiger partial charge in [-0.3, -0.25) is 0 Å². The highest BCUT2D eigenvalue weighted by atomic mass is 35.5. The van der Waals surface area contributed by atoms with Gasteiger partial charge in [0.05, 0.1) is 5.75 Å². The molecule has 0 saturated heterocycles. The zero-order valence-electron chi connectivity index (χ0n) is 7.93. The van der Waals surface area contributed by atoms with E-state index in [2.05, 4.69) is 0 Å². The van der Waals surface area contributed by atoms with E-state index in [1.807, 2.05) is 0 Å². The molecule has 7 heteroatoms. The Bertz CT molecular complexity index is 481. The number of hydrogen-bond acceptors (Lipinski definition) is 3. The van der Waals surface area contributed by atoms with Gasteiger partial charge >= 0.3 is 5.97 Å². The Morgan fingerprint density at radius 3 is 2.25 bits per heavy atom. The van der Waals surface area contributed by atoms with E-state index in [1.54, 1.807) is 0 Å². The summed E-state index contributed by atoms with van der Waals surface area (Å²) in [4.78, 5) is 10.5. The second kappa shape index (κ2) is 5.03. The molecule has 1 rings (SSSR count). The third-order valence-electron chi connectivity index (χ3n) is 1.79. The molecule has 0 heterocycles. The maximum Gasteiger partial charge on any atom is 0.337 e. The van der Waals surface area contributed by atoms with Crippen molar-refractivity contribution in [2.24, 2.45) is 0 Å². The molecule has 0 saturated carbocycles. The standard InChI is InChI=1S/C9H8Cl2O4S/c10-7-3-1-6(2-4-7)5-16(14,15)8(11)9(12)13/h1-4,8H,5H2,(H,12,13). The van der Waals surface area contributed by atoms with Crippen LogP contribution in [0.5, 0.6) is 0 Å². The van der Waals surface area contributed by atoms with Crippen molar-refractivity contribution in [3.63, 3.8) is 0 Å². The minimum absolute atomic E-state index is 0.426. The molecule has 0 aliphatic heterocycles. The number of carbonyl (C=O) groups is 1. The van der Waals surface area contributed by atoms with Gasteiger partial charge in [0.15, 0.2) is 9.84 Å². The fourth-order valence-electron chi connectivity index (χ4n) is 1.04. The molecular formula is C9H8Cl2O4S. The Kier molecular flexibility index (Phi) is 4.18. The average Bonchev–Trinajstić information content (AvgIpc) is 2.20. The summed E-state index contributed by atoms with van der Waals surface area (Å²) in [7, 11) is -3.90. The first kappa shape index (κ1) is 13.3. The van der Waals surface area contributed by atoms with Crippen LogP contribution in [0.1, 0.15) is 5.56 Å². The van der Waals surface area contributed by atoms with Gasteiger partial charge in [-0.2, -0.15) is 0 Å². The van der Waals surface area contributed by atoms with Crippen LogP contribution in [-0.4, -0.2) is 24.2 Å². The maximum atomic E-state index is 11.5. The van der Waals surface area contributed by atoms with Gasteiger partial charge < -0.3 is 5.11 Å². The van der Waals surface area contributed by atoms with E-state index in [0.29, 0.717) is 10.6 Å². The van der Waals surface area contributed by atoms with Crippen molar-refractivity contribution >= 4 is 39.0 Å². The summed E-state index contributed by atoms with van der Waals surface area (Å²) in [6.45, 7) is 0. The first-order valence-corrected chi connectivity index (χ1v) is 6.69. The number of alkyl halides is 1. The first-order valence-electron chi connectivity index (χ1n) is 4.16. The quantitative estimate of drug-likeness (QED) is 0.857. The van der Waals surface area contributed by atoms with Crippen LogP contribution in [0.25, 0.3) is 0 Å². The SMILES string of the molecule is O=C(O)C(Cl)S(=O)(=O)Cc1ccc(Cl)cc1. The van der Waals surface area contributed by atoms with E-state index < -0.39 is 26.3 Å². The van der Waals surface area contributed by atoms with Crippen molar-refractivity contribution in [2.75, 3.05) is 0 Å². The second-order valence-corrected chi connectivity index (χ2v) is 6.31. The molecule has 1 aromatic rings. The van der Waals surface area contributed by atoms with Crippen LogP contribution in [0.15, 0.2) is 24.3 Å². The fraction of sp³-hybridized carbons (Fsp3) is 0.222. The van der Waals surface area contributed by atoms with Gasteiger partial charge in [0.2, 0.25) is 4.71 Å². The molecule has 1 aromatic carbocycles. The minimum atomic E-state index is -3.90. The average molecular weight is 283 g/mol. The topological polar surface area (TPSA) is 71.4 Å². The molecule has 1 N–H and O–H groups in total. The third kappa shape index (κ3) is 3.37. The van der Waals surface area contributed by atoms with E-state index >= 15 is 0 Å². The molecule has 0 aromatic heterocycles.